The fourth-order valence-corrected chi connectivity index (χ4v) is 1.82. The Kier molecular flexibility index (Phi) is 5.15. The normalized spacial score (nSPS) is 10.9. The number of esters is 1. The minimum Gasteiger partial charge on any atom is -0.504 e. The van der Waals surface area contributed by atoms with Gasteiger partial charge in [-0.25, -0.2) is 18.0 Å². The first kappa shape index (κ1) is 18.5. The van der Waals surface area contributed by atoms with Crippen molar-refractivity contribution in [3.05, 3.63) is 52.8 Å². The van der Waals surface area contributed by atoms with Gasteiger partial charge >= 0.3 is 5.97 Å². The van der Waals surface area contributed by atoms with Crippen molar-refractivity contribution in [2.24, 2.45) is 0 Å². The second-order valence-electron chi connectivity index (χ2n) is 5.14. The second-order valence-corrected chi connectivity index (χ2v) is 5.14. The summed E-state index contributed by atoms with van der Waals surface area (Å²) in [6.45, 7) is 3.37. The van der Waals surface area contributed by atoms with Gasteiger partial charge < -0.3 is 14.6 Å². The summed E-state index contributed by atoms with van der Waals surface area (Å²) in [6, 6.07) is 3.14. The Morgan fingerprint density at radius 2 is 1.48 bits per heavy atom. The highest BCUT2D eigenvalue weighted by Gasteiger charge is 2.29. The lowest BCUT2D eigenvalue weighted by molar-refractivity contribution is 0.0715. The first-order valence-corrected chi connectivity index (χ1v) is 6.86. The SMILES string of the molecule is CC(C)Oc1ccc(C(=O)Oc2c(F)c(F)c(F)c(F)c2F)cc1O. The van der Waals surface area contributed by atoms with E-state index in [1.54, 1.807) is 13.8 Å². The summed E-state index contributed by atoms with van der Waals surface area (Å²) < 4.78 is 75.6. The fraction of sp³-hybridized carbons (Fsp3) is 0.188. The maximum absolute atomic E-state index is 13.5. The molecule has 0 aliphatic heterocycles. The molecule has 0 atom stereocenters. The molecule has 9 heteroatoms. The Morgan fingerprint density at radius 3 is 1.96 bits per heavy atom. The highest BCUT2D eigenvalue weighted by molar-refractivity contribution is 5.91. The van der Waals surface area contributed by atoms with Crippen molar-refractivity contribution < 1.29 is 41.3 Å². The summed E-state index contributed by atoms with van der Waals surface area (Å²) in [5.41, 5.74) is -0.391. The highest BCUT2D eigenvalue weighted by Crippen LogP contribution is 2.31. The van der Waals surface area contributed by atoms with Crippen LogP contribution in [0.4, 0.5) is 22.0 Å². The van der Waals surface area contributed by atoms with Gasteiger partial charge in [0.1, 0.15) is 0 Å². The van der Waals surface area contributed by atoms with Gasteiger partial charge in [0.25, 0.3) is 0 Å². The highest BCUT2D eigenvalue weighted by atomic mass is 19.2. The first-order chi connectivity index (χ1) is 11.6. The van der Waals surface area contributed by atoms with E-state index in [1.165, 1.54) is 6.07 Å². The Morgan fingerprint density at radius 1 is 0.960 bits per heavy atom. The lowest BCUT2D eigenvalue weighted by Crippen LogP contribution is -2.14. The predicted molar refractivity (Wildman–Crippen MR) is 75.1 cm³/mol. The molecule has 0 aromatic heterocycles. The molecule has 0 aliphatic carbocycles. The van der Waals surface area contributed by atoms with Crippen LogP contribution >= 0.6 is 0 Å². The zero-order valence-corrected chi connectivity index (χ0v) is 12.9. The molecule has 0 unspecified atom stereocenters. The van der Waals surface area contributed by atoms with E-state index < -0.39 is 52.1 Å². The van der Waals surface area contributed by atoms with Gasteiger partial charge in [-0.3, -0.25) is 0 Å². The Balaban J connectivity index is 2.34. The smallest absolute Gasteiger partial charge is 0.343 e. The van der Waals surface area contributed by atoms with Crippen molar-refractivity contribution in [3.8, 4) is 17.2 Å². The lowest BCUT2D eigenvalue weighted by Gasteiger charge is -2.12. The molecule has 4 nitrogen and oxygen atoms in total. The zero-order valence-electron chi connectivity index (χ0n) is 12.9. The summed E-state index contributed by atoms with van der Waals surface area (Å²) in [5, 5.41) is 9.74. The van der Waals surface area contributed by atoms with Crippen LogP contribution < -0.4 is 9.47 Å². The molecule has 1 N–H and O–H groups in total. The van der Waals surface area contributed by atoms with Crippen molar-refractivity contribution in [1.82, 2.24) is 0 Å². The van der Waals surface area contributed by atoms with Crippen LogP contribution in [0.5, 0.6) is 17.2 Å². The van der Waals surface area contributed by atoms with Gasteiger partial charge in [-0.1, -0.05) is 0 Å². The third-order valence-corrected chi connectivity index (χ3v) is 2.92. The molecule has 0 aliphatic rings. The van der Waals surface area contributed by atoms with Crippen LogP contribution in [0, 0.1) is 29.1 Å². The number of rotatable bonds is 4. The molecule has 0 amide bonds. The van der Waals surface area contributed by atoms with Gasteiger partial charge in [0.15, 0.2) is 11.5 Å². The van der Waals surface area contributed by atoms with Crippen molar-refractivity contribution in [2.75, 3.05) is 0 Å². The molecule has 25 heavy (non-hydrogen) atoms. The molecule has 0 radical (unpaired) electrons. The van der Waals surface area contributed by atoms with Gasteiger partial charge in [-0.15, -0.1) is 0 Å². The molecule has 134 valence electrons. The predicted octanol–water partition coefficient (Wildman–Crippen LogP) is 4.09. The van der Waals surface area contributed by atoms with E-state index in [-0.39, 0.29) is 11.9 Å². The van der Waals surface area contributed by atoms with E-state index in [0.717, 1.165) is 12.1 Å². The number of carbonyl (C=O) groups is 1. The number of hydrogen-bond donors (Lipinski definition) is 1. The minimum atomic E-state index is -2.37. The number of benzene rings is 2. The molecule has 0 heterocycles. The summed E-state index contributed by atoms with van der Waals surface area (Å²) in [5.74, 6) is -15.0. The van der Waals surface area contributed by atoms with E-state index in [0.29, 0.717) is 0 Å². The van der Waals surface area contributed by atoms with E-state index in [2.05, 4.69) is 4.74 Å². The fourth-order valence-electron chi connectivity index (χ4n) is 1.82. The third kappa shape index (κ3) is 3.65. The van der Waals surface area contributed by atoms with Crippen LogP contribution in [-0.4, -0.2) is 17.2 Å². The molecule has 2 aromatic carbocycles. The zero-order chi connectivity index (χ0) is 18.9. The molecular formula is C16H11F5O4. The average molecular weight is 362 g/mol. The van der Waals surface area contributed by atoms with Crippen LogP contribution in [0.1, 0.15) is 24.2 Å². The number of halogens is 5. The maximum atomic E-state index is 13.5. The summed E-state index contributed by atoms with van der Waals surface area (Å²) in [7, 11) is 0. The van der Waals surface area contributed by atoms with Crippen LogP contribution in [0.15, 0.2) is 18.2 Å². The summed E-state index contributed by atoms with van der Waals surface area (Å²) >= 11 is 0. The van der Waals surface area contributed by atoms with Crippen molar-refractivity contribution in [3.63, 3.8) is 0 Å². The van der Waals surface area contributed by atoms with E-state index in [9.17, 15) is 31.9 Å². The topological polar surface area (TPSA) is 55.8 Å². The van der Waals surface area contributed by atoms with E-state index in [1.807, 2.05) is 0 Å². The minimum absolute atomic E-state index is 0.0304. The van der Waals surface area contributed by atoms with Crippen LogP contribution in [0.3, 0.4) is 0 Å². The quantitative estimate of drug-likeness (QED) is 0.293. The molecule has 2 rings (SSSR count). The number of phenolic OH excluding ortho intramolecular Hbond substituents is 1. The van der Waals surface area contributed by atoms with Gasteiger partial charge in [0.2, 0.25) is 34.8 Å². The van der Waals surface area contributed by atoms with Crippen LogP contribution in [0.25, 0.3) is 0 Å². The van der Waals surface area contributed by atoms with Gasteiger partial charge in [-0.2, -0.15) is 8.78 Å². The van der Waals surface area contributed by atoms with Crippen molar-refractivity contribution in [1.29, 1.82) is 0 Å². The largest absolute Gasteiger partial charge is 0.504 e. The number of hydrogen-bond acceptors (Lipinski definition) is 4. The third-order valence-electron chi connectivity index (χ3n) is 2.92. The van der Waals surface area contributed by atoms with Crippen molar-refractivity contribution >= 4 is 5.97 Å². The molecular weight excluding hydrogens is 351 g/mol. The Labute approximate surface area is 138 Å². The standard InChI is InChI=1S/C16H11F5O4/c1-6(2)24-9-4-3-7(5-8(9)22)16(23)25-15-13(20)11(18)10(17)12(19)14(15)21/h3-6,22H,1-2H3. The maximum Gasteiger partial charge on any atom is 0.343 e. The number of phenols is 1. The lowest BCUT2D eigenvalue weighted by atomic mass is 10.2. The molecule has 0 saturated carbocycles. The Bertz CT molecular complexity index is 807. The van der Waals surface area contributed by atoms with Crippen molar-refractivity contribution in [2.45, 2.75) is 20.0 Å². The summed E-state index contributed by atoms with van der Waals surface area (Å²) in [4.78, 5) is 11.9. The Hall–Kier alpha value is -2.84. The molecule has 0 saturated heterocycles. The molecule has 0 bridgehead atoms. The number of carbonyl (C=O) groups excluding carboxylic acids is 1. The van der Waals surface area contributed by atoms with Crippen LogP contribution in [0.2, 0.25) is 0 Å². The second kappa shape index (κ2) is 6.96. The number of ether oxygens (including phenoxy) is 2. The average Bonchev–Trinajstić information content (AvgIpc) is 2.56. The van der Waals surface area contributed by atoms with Gasteiger partial charge in [0.05, 0.1) is 11.7 Å². The van der Waals surface area contributed by atoms with Crippen LogP contribution in [-0.2, 0) is 0 Å². The number of aromatic hydroxyl groups is 1. The van der Waals surface area contributed by atoms with Gasteiger partial charge in [0, 0.05) is 0 Å². The summed E-state index contributed by atoms with van der Waals surface area (Å²) in [6.07, 6.45) is -0.281. The van der Waals surface area contributed by atoms with E-state index >= 15 is 0 Å². The molecule has 0 spiro atoms. The first-order valence-electron chi connectivity index (χ1n) is 6.86. The molecule has 0 fully saturated rings. The monoisotopic (exact) mass is 362 g/mol. The van der Waals surface area contributed by atoms with E-state index in [4.69, 9.17) is 4.74 Å². The van der Waals surface area contributed by atoms with Gasteiger partial charge in [-0.05, 0) is 32.0 Å². The molecule has 2 aromatic rings.